The number of benzene rings is 1. The smallest absolute Gasteiger partial charge is 0.133 e. The number of hydrogen-bond acceptors (Lipinski definition) is 1. The molecular formula is C9H7FO. The summed E-state index contributed by atoms with van der Waals surface area (Å²) in [5, 5.41) is 0. The van der Waals surface area contributed by atoms with Gasteiger partial charge in [-0.1, -0.05) is 18.4 Å². The van der Waals surface area contributed by atoms with Crippen LogP contribution in [0.5, 0.6) is 5.75 Å². The fourth-order valence-corrected chi connectivity index (χ4v) is 0.650. The first-order valence-electron chi connectivity index (χ1n) is 3.09. The molecule has 1 nitrogen and oxygen atoms in total. The second-order valence-electron chi connectivity index (χ2n) is 1.90. The molecular weight excluding hydrogens is 143 g/mol. The molecule has 0 aromatic heterocycles. The normalized spacial score (nSPS) is 8.45. The van der Waals surface area contributed by atoms with E-state index in [0.717, 1.165) is 0 Å². The summed E-state index contributed by atoms with van der Waals surface area (Å²) in [5.74, 6) is 0.126. The average molecular weight is 150 g/mol. The Morgan fingerprint density at radius 3 is 3.00 bits per heavy atom. The monoisotopic (exact) mass is 150 g/mol. The van der Waals surface area contributed by atoms with Crippen molar-refractivity contribution in [2.45, 2.75) is 0 Å². The summed E-state index contributed by atoms with van der Waals surface area (Å²) in [6.45, 7) is 3.30. The van der Waals surface area contributed by atoms with E-state index in [2.05, 4.69) is 12.3 Å². The number of halogens is 1. The quantitative estimate of drug-likeness (QED) is 0.465. The maximum Gasteiger partial charge on any atom is 0.133 e. The van der Waals surface area contributed by atoms with Crippen LogP contribution < -0.4 is 4.74 Å². The third-order valence-electron chi connectivity index (χ3n) is 1.07. The number of hydrogen-bond donors (Lipinski definition) is 0. The van der Waals surface area contributed by atoms with Crippen LogP contribution in [-0.4, -0.2) is 0 Å². The summed E-state index contributed by atoms with van der Waals surface area (Å²) in [7, 11) is 0. The zero-order chi connectivity index (χ0) is 8.10. The lowest BCUT2D eigenvalue weighted by molar-refractivity contribution is 0.476. The van der Waals surface area contributed by atoms with Crippen molar-refractivity contribution in [3.8, 4) is 5.75 Å². The van der Waals surface area contributed by atoms with Gasteiger partial charge in [0.2, 0.25) is 0 Å². The zero-order valence-electron chi connectivity index (χ0n) is 5.88. The van der Waals surface area contributed by atoms with Gasteiger partial charge in [-0.15, -0.1) is 0 Å². The molecule has 0 fully saturated rings. The average Bonchev–Trinajstić information content (AvgIpc) is 2.01. The Labute approximate surface area is 64.4 Å². The Morgan fingerprint density at radius 2 is 2.36 bits per heavy atom. The van der Waals surface area contributed by atoms with E-state index < -0.39 is 0 Å². The van der Waals surface area contributed by atoms with Gasteiger partial charge >= 0.3 is 0 Å². The van der Waals surface area contributed by atoms with Crippen LogP contribution >= 0.6 is 0 Å². The summed E-state index contributed by atoms with van der Waals surface area (Å²) in [5.41, 5.74) is 2.42. The summed E-state index contributed by atoms with van der Waals surface area (Å²) in [6, 6.07) is 5.86. The van der Waals surface area contributed by atoms with Crippen LogP contribution in [0.4, 0.5) is 4.39 Å². The highest BCUT2D eigenvalue weighted by Gasteiger charge is 1.91. The van der Waals surface area contributed by atoms with Gasteiger partial charge in [-0.2, -0.15) is 0 Å². The Hall–Kier alpha value is -1.53. The van der Waals surface area contributed by atoms with Gasteiger partial charge < -0.3 is 4.74 Å². The van der Waals surface area contributed by atoms with Crippen molar-refractivity contribution < 1.29 is 9.13 Å². The summed E-state index contributed by atoms with van der Waals surface area (Å²) < 4.78 is 17.4. The molecule has 1 aromatic carbocycles. The van der Waals surface area contributed by atoms with Crippen molar-refractivity contribution in [1.29, 1.82) is 0 Å². The summed E-state index contributed by atoms with van der Waals surface area (Å²) in [6.07, 6.45) is 1.27. The molecule has 1 rings (SSSR count). The minimum absolute atomic E-state index is 0.319. The Balaban J connectivity index is 2.79. The van der Waals surface area contributed by atoms with Gasteiger partial charge in [0.1, 0.15) is 17.8 Å². The molecule has 0 N–H and O–H groups in total. The van der Waals surface area contributed by atoms with Crippen molar-refractivity contribution in [3.05, 3.63) is 48.7 Å². The molecule has 0 saturated carbocycles. The van der Waals surface area contributed by atoms with Crippen molar-refractivity contribution in [3.63, 3.8) is 0 Å². The van der Waals surface area contributed by atoms with E-state index in [9.17, 15) is 4.39 Å². The predicted molar refractivity (Wildman–Crippen MR) is 40.7 cm³/mol. The van der Waals surface area contributed by atoms with Gasteiger partial charge in [-0.05, 0) is 12.1 Å². The minimum Gasteiger partial charge on any atom is -0.457 e. The second-order valence-corrected chi connectivity index (χ2v) is 1.90. The minimum atomic E-state index is -0.319. The molecule has 0 aliphatic rings. The van der Waals surface area contributed by atoms with Crippen molar-refractivity contribution in [1.82, 2.24) is 0 Å². The second kappa shape index (κ2) is 3.59. The third-order valence-corrected chi connectivity index (χ3v) is 1.07. The van der Waals surface area contributed by atoms with Crippen LogP contribution in [0.2, 0.25) is 0 Å². The largest absolute Gasteiger partial charge is 0.457 e. The summed E-state index contributed by atoms with van der Waals surface area (Å²) in [4.78, 5) is 0. The van der Waals surface area contributed by atoms with E-state index in [1.165, 1.54) is 18.4 Å². The maximum absolute atomic E-state index is 12.5. The highest BCUT2D eigenvalue weighted by molar-refractivity contribution is 5.23. The first kappa shape index (κ1) is 7.58. The number of rotatable bonds is 2. The molecule has 1 aromatic rings. The lowest BCUT2D eigenvalue weighted by Gasteiger charge is -1.96. The predicted octanol–water partition coefficient (Wildman–Crippen LogP) is 2.50. The molecule has 0 aliphatic carbocycles. The van der Waals surface area contributed by atoms with E-state index in [4.69, 9.17) is 4.74 Å². The first-order valence-corrected chi connectivity index (χ1v) is 3.09. The van der Waals surface area contributed by atoms with Gasteiger partial charge in [0.15, 0.2) is 0 Å². The standard InChI is InChI=1S/C9H7FO/c1-2-6-11-9-5-3-4-8(10)7-9/h3-7H,1H2. The molecule has 0 saturated heterocycles. The van der Waals surface area contributed by atoms with Crippen molar-refractivity contribution in [2.75, 3.05) is 0 Å². The molecule has 0 heterocycles. The Morgan fingerprint density at radius 1 is 1.55 bits per heavy atom. The first-order chi connectivity index (χ1) is 5.33. The molecule has 0 radical (unpaired) electrons. The molecule has 0 amide bonds. The van der Waals surface area contributed by atoms with Gasteiger partial charge in [-0.25, -0.2) is 4.39 Å². The van der Waals surface area contributed by atoms with E-state index in [-0.39, 0.29) is 5.82 Å². The van der Waals surface area contributed by atoms with Crippen LogP contribution in [0, 0.1) is 5.82 Å². The molecule has 0 atom stereocenters. The van der Waals surface area contributed by atoms with Crippen LogP contribution in [0.3, 0.4) is 0 Å². The molecule has 2 heteroatoms. The van der Waals surface area contributed by atoms with Crippen LogP contribution in [0.25, 0.3) is 0 Å². The number of ether oxygens (including phenoxy) is 1. The van der Waals surface area contributed by atoms with Crippen LogP contribution in [0.1, 0.15) is 0 Å². The molecule has 0 aliphatic heterocycles. The van der Waals surface area contributed by atoms with Gasteiger partial charge in [0.05, 0.1) is 0 Å². The molecule has 56 valence electrons. The maximum atomic E-state index is 12.5. The van der Waals surface area contributed by atoms with Crippen molar-refractivity contribution in [2.24, 2.45) is 0 Å². The van der Waals surface area contributed by atoms with E-state index in [1.807, 2.05) is 0 Å². The third kappa shape index (κ3) is 2.28. The molecule has 11 heavy (non-hydrogen) atoms. The van der Waals surface area contributed by atoms with E-state index >= 15 is 0 Å². The van der Waals surface area contributed by atoms with E-state index in [1.54, 1.807) is 12.1 Å². The van der Waals surface area contributed by atoms with Gasteiger partial charge in [0.25, 0.3) is 0 Å². The molecule has 0 unspecified atom stereocenters. The molecule has 0 bridgehead atoms. The molecule has 0 spiro atoms. The lowest BCUT2D eigenvalue weighted by Crippen LogP contribution is -1.81. The van der Waals surface area contributed by atoms with Gasteiger partial charge in [0, 0.05) is 6.07 Å². The van der Waals surface area contributed by atoms with Crippen LogP contribution in [-0.2, 0) is 0 Å². The van der Waals surface area contributed by atoms with Crippen LogP contribution in [0.15, 0.2) is 42.8 Å². The summed E-state index contributed by atoms with van der Waals surface area (Å²) >= 11 is 0. The Kier molecular flexibility index (Phi) is 2.47. The topological polar surface area (TPSA) is 9.23 Å². The lowest BCUT2D eigenvalue weighted by atomic mass is 10.3. The highest BCUT2D eigenvalue weighted by Crippen LogP contribution is 2.11. The van der Waals surface area contributed by atoms with Crippen molar-refractivity contribution >= 4 is 0 Å². The fourth-order valence-electron chi connectivity index (χ4n) is 0.650. The fraction of sp³-hybridized carbons (Fsp3) is 0. The SMILES string of the molecule is C=C=COc1cccc(F)c1. The van der Waals surface area contributed by atoms with Gasteiger partial charge in [-0.3, -0.25) is 0 Å². The highest BCUT2D eigenvalue weighted by atomic mass is 19.1. The zero-order valence-corrected chi connectivity index (χ0v) is 5.88. The Bertz CT molecular complexity index is 287. The van der Waals surface area contributed by atoms with E-state index in [0.29, 0.717) is 5.75 Å².